The van der Waals surface area contributed by atoms with Crippen molar-refractivity contribution in [2.24, 2.45) is 0 Å². The predicted octanol–water partition coefficient (Wildman–Crippen LogP) is 0.103. The summed E-state index contributed by atoms with van der Waals surface area (Å²) in [5, 5.41) is 1.96. The van der Waals surface area contributed by atoms with Crippen LogP contribution in [0.15, 0.2) is 24.3 Å². The van der Waals surface area contributed by atoms with Crippen molar-refractivity contribution < 1.29 is 19.4 Å². The minimum absolute atomic E-state index is 0.847. The van der Waals surface area contributed by atoms with Gasteiger partial charge >= 0.3 is 71.1 Å². The number of benzene rings is 1. The summed E-state index contributed by atoms with van der Waals surface area (Å²) < 4.78 is 2.06. The third-order valence-electron chi connectivity index (χ3n) is 1.24. The van der Waals surface area contributed by atoms with Crippen LogP contribution < -0.4 is 10.4 Å². The summed E-state index contributed by atoms with van der Waals surface area (Å²) in [6.45, 7) is 5.66. The molecule has 50 valence electrons. The van der Waals surface area contributed by atoms with Crippen molar-refractivity contribution in [3.8, 4) is 0 Å². The van der Waals surface area contributed by atoms with Crippen molar-refractivity contribution in [3.05, 3.63) is 34.7 Å². The Kier molecular flexibility index (Phi) is 2.77. The van der Waals surface area contributed by atoms with Crippen LogP contribution in [0.4, 0.5) is 0 Å². The fourth-order valence-corrected chi connectivity index (χ4v) is 1.26. The van der Waals surface area contributed by atoms with Crippen LogP contribution in [0.25, 0.3) is 12.7 Å². The molecule has 1 rings (SSSR count). The van der Waals surface area contributed by atoms with Crippen molar-refractivity contribution in [1.82, 2.24) is 0 Å². The number of hydrogen-bond donors (Lipinski definition) is 0. The zero-order valence-corrected chi connectivity index (χ0v) is 8.38. The first-order valence-corrected chi connectivity index (χ1v) is 4.67. The van der Waals surface area contributed by atoms with Gasteiger partial charge in [-0.3, -0.25) is 0 Å². The topological polar surface area (TPSA) is 0 Å². The molecular weight excluding hydrogens is 292 g/mol. The quantitative estimate of drug-likeness (QED) is 0.646. The molecule has 0 heterocycles. The Bertz CT molecular complexity index is 325. The summed E-state index contributed by atoms with van der Waals surface area (Å²) in [6.07, 6.45) is 2.03. The van der Waals surface area contributed by atoms with Crippen LogP contribution >= 0.6 is 0 Å². The summed E-state index contributed by atoms with van der Waals surface area (Å²) >= 11 is 1.44. The molecule has 0 atom stereocenters. The van der Waals surface area contributed by atoms with Gasteiger partial charge in [-0.1, -0.05) is 0 Å². The molecule has 1 aromatic rings. The molecule has 0 fully saturated rings. The Morgan fingerprint density at radius 2 is 2.00 bits per heavy atom. The van der Waals surface area contributed by atoms with Crippen molar-refractivity contribution in [2.45, 2.75) is 0 Å². The standard InChI is InChI=1S/C9H7.W/c1-3-9-7-5-4-6-8(9)2;/h1-7H;/q-1;/b9-3-;. The van der Waals surface area contributed by atoms with Crippen LogP contribution in [0, 0.1) is 0 Å². The van der Waals surface area contributed by atoms with Gasteiger partial charge in [0.25, 0.3) is 0 Å². The van der Waals surface area contributed by atoms with Gasteiger partial charge in [0.15, 0.2) is 0 Å². The van der Waals surface area contributed by atoms with Gasteiger partial charge in [-0.05, 0) is 0 Å². The van der Waals surface area contributed by atoms with Gasteiger partial charge in [-0.25, -0.2) is 0 Å². The molecule has 0 aliphatic carbocycles. The van der Waals surface area contributed by atoms with Crippen molar-refractivity contribution in [3.63, 3.8) is 0 Å². The molecule has 0 saturated carbocycles. The maximum atomic E-state index is 5.66. The summed E-state index contributed by atoms with van der Waals surface area (Å²) in [7, 11) is 0. The van der Waals surface area contributed by atoms with E-state index in [0.717, 1.165) is 10.4 Å². The van der Waals surface area contributed by atoms with Gasteiger partial charge in [0.2, 0.25) is 0 Å². The summed E-state index contributed by atoms with van der Waals surface area (Å²) in [5.41, 5.74) is 0. The van der Waals surface area contributed by atoms with Crippen LogP contribution in [-0.4, -0.2) is 4.40 Å². The second-order valence-corrected chi connectivity index (χ2v) is 2.91. The minimum atomic E-state index is 0.847. The monoisotopic (exact) mass is 299 g/mol. The maximum absolute atomic E-state index is 5.66. The molecule has 0 radical (unpaired) electrons. The Morgan fingerprint density at radius 1 is 1.30 bits per heavy atom. The molecule has 1 heteroatoms. The zero-order chi connectivity index (χ0) is 7.40. The second kappa shape index (κ2) is 3.63. The molecule has 0 bridgehead atoms. The average Bonchev–Trinajstić information content (AvgIpc) is 1.94. The SMILES string of the molecule is [CH-]=c1cccc/c1=C/[CH]=[W]. The molecule has 0 aliphatic heterocycles. The van der Waals surface area contributed by atoms with Gasteiger partial charge < -0.3 is 0 Å². The fraction of sp³-hybridized carbons (Fsp3) is 0. The third-order valence-corrected chi connectivity index (χ3v) is 1.73. The van der Waals surface area contributed by atoms with Gasteiger partial charge in [-0.15, -0.1) is 0 Å². The van der Waals surface area contributed by atoms with E-state index < -0.39 is 0 Å². The van der Waals surface area contributed by atoms with E-state index in [1.54, 1.807) is 0 Å². The molecule has 10 heavy (non-hydrogen) atoms. The third kappa shape index (κ3) is 1.75. The summed E-state index contributed by atoms with van der Waals surface area (Å²) in [6, 6.07) is 7.84. The van der Waals surface area contributed by atoms with Crippen LogP contribution in [-0.2, 0) is 19.4 Å². The molecule has 0 spiro atoms. The van der Waals surface area contributed by atoms with E-state index >= 15 is 0 Å². The van der Waals surface area contributed by atoms with E-state index in [0.29, 0.717) is 0 Å². The van der Waals surface area contributed by atoms with Crippen molar-refractivity contribution >= 4 is 17.1 Å². The molecule has 0 saturated heterocycles. The van der Waals surface area contributed by atoms with Crippen molar-refractivity contribution in [2.75, 3.05) is 0 Å². The van der Waals surface area contributed by atoms with E-state index in [2.05, 4.69) is 4.40 Å². The molecule has 0 aliphatic rings. The first-order valence-electron chi connectivity index (χ1n) is 2.97. The van der Waals surface area contributed by atoms with E-state index in [-0.39, 0.29) is 0 Å². The molecule has 0 aromatic heterocycles. The second-order valence-electron chi connectivity index (χ2n) is 1.93. The molecule has 1 aromatic carbocycles. The van der Waals surface area contributed by atoms with E-state index in [4.69, 9.17) is 6.58 Å². The molecule has 0 nitrogen and oxygen atoms in total. The molecule has 0 N–H and O–H groups in total. The number of hydrogen-bond acceptors (Lipinski definition) is 0. The van der Waals surface area contributed by atoms with E-state index in [1.807, 2.05) is 30.3 Å². The Hall–Kier alpha value is -0.482. The average molecular weight is 299 g/mol. The molecule has 0 amide bonds. The molecular formula is C9H7W-. The van der Waals surface area contributed by atoms with Crippen LogP contribution in [0.2, 0.25) is 0 Å². The van der Waals surface area contributed by atoms with Gasteiger partial charge in [0, 0.05) is 0 Å². The fourth-order valence-electron chi connectivity index (χ4n) is 0.736. The Balaban J connectivity index is 3.43. The summed E-state index contributed by atoms with van der Waals surface area (Å²) in [4.78, 5) is 0. The van der Waals surface area contributed by atoms with Gasteiger partial charge in [0.1, 0.15) is 0 Å². The summed E-state index contributed by atoms with van der Waals surface area (Å²) in [5.74, 6) is 0. The van der Waals surface area contributed by atoms with Gasteiger partial charge in [-0.2, -0.15) is 0 Å². The van der Waals surface area contributed by atoms with Crippen molar-refractivity contribution in [1.29, 1.82) is 0 Å². The predicted molar refractivity (Wildman–Crippen MR) is 40.7 cm³/mol. The Morgan fingerprint density at radius 3 is 2.60 bits per heavy atom. The van der Waals surface area contributed by atoms with Crippen LogP contribution in [0.3, 0.4) is 0 Å². The first kappa shape index (κ1) is 7.62. The van der Waals surface area contributed by atoms with E-state index in [9.17, 15) is 0 Å². The Labute approximate surface area is 71.3 Å². The van der Waals surface area contributed by atoms with Crippen LogP contribution in [0.1, 0.15) is 0 Å². The van der Waals surface area contributed by atoms with Gasteiger partial charge in [0.05, 0.1) is 0 Å². The molecule has 0 unspecified atom stereocenters. The number of rotatable bonds is 1. The van der Waals surface area contributed by atoms with Crippen LogP contribution in [0.5, 0.6) is 0 Å². The zero-order valence-electron chi connectivity index (χ0n) is 5.45. The normalized spacial score (nSPS) is 11.4. The van der Waals surface area contributed by atoms with E-state index in [1.165, 1.54) is 19.4 Å². The first-order chi connectivity index (χ1) is 4.84.